The molecule has 1 aliphatic rings. The number of nitrogens with one attached hydrogen (secondary N) is 1. The Balaban J connectivity index is 0.00000264. The van der Waals surface area contributed by atoms with Crippen molar-refractivity contribution >= 4 is 41.5 Å². The van der Waals surface area contributed by atoms with Crippen LogP contribution in [-0.2, 0) is 6.42 Å². The Bertz CT molecular complexity index is 490. The lowest BCUT2D eigenvalue weighted by Gasteiger charge is -2.32. The highest BCUT2D eigenvalue weighted by atomic mass is 127. The first-order chi connectivity index (χ1) is 10.7. The number of aryl methyl sites for hydroxylation is 1. The Labute approximate surface area is 161 Å². The van der Waals surface area contributed by atoms with Crippen LogP contribution in [0.15, 0.2) is 29.3 Å². The molecule has 6 heteroatoms. The Morgan fingerprint density at radius 3 is 2.70 bits per heavy atom. The lowest BCUT2D eigenvalue weighted by molar-refractivity contribution is 0.108. The van der Waals surface area contributed by atoms with Crippen LogP contribution >= 0.6 is 35.6 Å². The van der Waals surface area contributed by atoms with E-state index < -0.39 is 0 Å². The first kappa shape index (κ1) is 20.5. The van der Waals surface area contributed by atoms with Crippen molar-refractivity contribution in [3.63, 3.8) is 0 Å². The molecule has 1 aromatic rings. The van der Waals surface area contributed by atoms with Gasteiger partial charge in [0.15, 0.2) is 5.96 Å². The third-order valence-electron chi connectivity index (χ3n) is 3.92. The second-order valence-electron chi connectivity index (χ2n) is 5.65. The fourth-order valence-electron chi connectivity index (χ4n) is 2.66. The average Bonchev–Trinajstić information content (AvgIpc) is 2.53. The van der Waals surface area contributed by atoms with Crippen LogP contribution in [0.5, 0.6) is 0 Å². The number of hydrogen-bond acceptors (Lipinski definition) is 2. The Kier molecular flexibility index (Phi) is 9.90. The summed E-state index contributed by atoms with van der Waals surface area (Å²) < 4.78 is 0. The molecule has 1 heterocycles. The van der Waals surface area contributed by atoms with Gasteiger partial charge in [-0.2, -0.15) is 0 Å². The van der Waals surface area contributed by atoms with Crippen LogP contribution in [0.2, 0.25) is 5.02 Å². The Hall–Kier alpha value is -0.530. The monoisotopic (exact) mass is 451 g/mol. The number of guanidine groups is 1. The van der Waals surface area contributed by atoms with Gasteiger partial charge < -0.3 is 15.3 Å². The maximum absolute atomic E-state index is 9.61. The summed E-state index contributed by atoms with van der Waals surface area (Å²) in [6.07, 6.45) is 3.42. The second-order valence-corrected chi connectivity index (χ2v) is 6.06. The summed E-state index contributed by atoms with van der Waals surface area (Å²) in [7, 11) is 0. The van der Waals surface area contributed by atoms with Gasteiger partial charge in [-0.1, -0.05) is 29.8 Å². The van der Waals surface area contributed by atoms with Gasteiger partial charge in [-0.15, -0.1) is 24.0 Å². The van der Waals surface area contributed by atoms with Crippen molar-refractivity contribution in [1.82, 2.24) is 10.2 Å². The molecule has 1 saturated heterocycles. The smallest absolute Gasteiger partial charge is 0.193 e. The van der Waals surface area contributed by atoms with E-state index in [9.17, 15) is 5.11 Å². The van der Waals surface area contributed by atoms with Crippen LogP contribution in [0.4, 0.5) is 0 Å². The van der Waals surface area contributed by atoms with Gasteiger partial charge in [-0.3, -0.25) is 4.99 Å². The van der Waals surface area contributed by atoms with Gasteiger partial charge in [-0.05, 0) is 44.2 Å². The second kappa shape index (κ2) is 11.1. The van der Waals surface area contributed by atoms with Crippen molar-refractivity contribution < 1.29 is 5.11 Å². The van der Waals surface area contributed by atoms with E-state index in [2.05, 4.69) is 23.2 Å². The van der Waals surface area contributed by atoms with Crippen LogP contribution in [0.25, 0.3) is 0 Å². The molecule has 0 aromatic heterocycles. The topological polar surface area (TPSA) is 47.9 Å². The van der Waals surface area contributed by atoms with Crippen LogP contribution < -0.4 is 5.32 Å². The number of hydrogen-bond donors (Lipinski definition) is 2. The van der Waals surface area contributed by atoms with Crippen LogP contribution in [-0.4, -0.2) is 48.2 Å². The molecular weight excluding hydrogens is 425 g/mol. The summed E-state index contributed by atoms with van der Waals surface area (Å²) >= 11 is 6.17. The molecule has 2 N–H and O–H groups in total. The number of likely N-dealkylation sites (tertiary alicyclic amines) is 1. The molecule has 23 heavy (non-hydrogen) atoms. The quantitative estimate of drug-likeness (QED) is 0.312. The molecule has 0 amide bonds. The summed E-state index contributed by atoms with van der Waals surface area (Å²) in [5, 5.41) is 13.8. The Morgan fingerprint density at radius 2 is 2.04 bits per heavy atom. The van der Waals surface area contributed by atoms with Crippen molar-refractivity contribution in [2.24, 2.45) is 4.99 Å². The highest BCUT2D eigenvalue weighted by Gasteiger charge is 2.19. The standard InChI is InChI=1S/C17H26ClN3O.HI/c1-2-19-17(21-12-9-15(22)10-13-21)20-11-5-7-14-6-3-4-8-16(14)18;/h3-4,6,8,15,22H,2,5,7,9-13H2,1H3,(H,19,20);1H. The Morgan fingerprint density at radius 1 is 1.35 bits per heavy atom. The van der Waals surface area contributed by atoms with Crippen molar-refractivity contribution in [3.05, 3.63) is 34.9 Å². The SMILES string of the molecule is CCNC(=NCCCc1ccccc1Cl)N1CCC(O)CC1.I. The first-order valence-corrected chi connectivity index (χ1v) is 8.53. The third-order valence-corrected chi connectivity index (χ3v) is 4.29. The third kappa shape index (κ3) is 6.85. The number of rotatable bonds is 5. The van der Waals surface area contributed by atoms with Gasteiger partial charge in [0.05, 0.1) is 6.10 Å². The predicted octanol–water partition coefficient (Wildman–Crippen LogP) is 3.31. The van der Waals surface area contributed by atoms with Gasteiger partial charge in [0.25, 0.3) is 0 Å². The molecule has 1 fully saturated rings. The van der Waals surface area contributed by atoms with E-state index in [0.717, 1.165) is 62.8 Å². The van der Waals surface area contributed by atoms with E-state index in [-0.39, 0.29) is 30.1 Å². The maximum Gasteiger partial charge on any atom is 0.193 e. The van der Waals surface area contributed by atoms with Crippen molar-refractivity contribution in [3.8, 4) is 0 Å². The number of benzene rings is 1. The molecule has 0 spiro atoms. The molecule has 0 aliphatic carbocycles. The summed E-state index contributed by atoms with van der Waals surface area (Å²) in [6, 6.07) is 7.98. The van der Waals surface area contributed by atoms with Crippen LogP contribution in [0.1, 0.15) is 31.7 Å². The molecular formula is C17H27ClIN3O. The predicted molar refractivity (Wildman–Crippen MR) is 108 cm³/mol. The van der Waals surface area contributed by atoms with E-state index in [1.54, 1.807) is 0 Å². The molecule has 0 unspecified atom stereocenters. The molecule has 0 radical (unpaired) electrons. The van der Waals surface area contributed by atoms with Gasteiger partial charge in [0.1, 0.15) is 0 Å². The zero-order chi connectivity index (χ0) is 15.8. The minimum Gasteiger partial charge on any atom is -0.393 e. The number of aliphatic hydroxyl groups excluding tert-OH is 1. The molecule has 4 nitrogen and oxygen atoms in total. The molecule has 0 bridgehead atoms. The summed E-state index contributed by atoms with van der Waals surface area (Å²) in [5.41, 5.74) is 1.19. The summed E-state index contributed by atoms with van der Waals surface area (Å²) in [5.74, 6) is 0.966. The zero-order valence-electron chi connectivity index (χ0n) is 13.7. The molecule has 0 saturated carbocycles. The molecule has 1 aliphatic heterocycles. The number of piperidine rings is 1. The van der Waals surface area contributed by atoms with Gasteiger partial charge in [0, 0.05) is 31.2 Å². The number of halogens is 2. The fraction of sp³-hybridized carbons (Fsp3) is 0.588. The minimum atomic E-state index is -0.153. The van der Waals surface area contributed by atoms with Crippen molar-refractivity contribution in [2.45, 2.75) is 38.7 Å². The van der Waals surface area contributed by atoms with E-state index >= 15 is 0 Å². The maximum atomic E-state index is 9.61. The number of nitrogens with zero attached hydrogens (tertiary/aromatic N) is 2. The van der Waals surface area contributed by atoms with E-state index in [1.165, 1.54) is 5.56 Å². The number of aliphatic hydroxyl groups is 1. The van der Waals surface area contributed by atoms with E-state index in [4.69, 9.17) is 16.6 Å². The van der Waals surface area contributed by atoms with Crippen LogP contribution in [0.3, 0.4) is 0 Å². The van der Waals surface area contributed by atoms with E-state index in [0.29, 0.717) is 0 Å². The van der Waals surface area contributed by atoms with Gasteiger partial charge in [-0.25, -0.2) is 0 Å². The average molecular weight is 452 g/mol. The van der Waals surface area contributed by atoms with Crippen molar-refractivity contribution in [1.29, 1.82) is 0 Å². The summed E-state index contributed by atoms with van der Waals surface area (Å²) in [6.45, 7) is 5.47. The zero-order valence-corrected chi connectivity index (χ0v) is 16.8. The molecule has 1 aromatic carbocycles. The lowest BCUT2D eigenvalue weighted by Crippen LogP contribution is -2.46. The summed E-state index contributed by atoms with van der Waals surface area (Å²) in [4.78, 5) is 6.96. The highest BCUT2D eigenvalue weighted by Crippen LogP contribution is 2.16. The molecule has 2 rings (SSSR count). The van der Waals surface area contributed by atoms with Gasteiger partial charge in [0.2, 0.25) is 0 Å². The fourth-order valence-corrected chi connectivity index (χ4v) is 2.89. The van der Waals surface area contributed by atoms with Crippen molar-refractivity contribution in [2.75, 3.05) is 26.2 Å². The van der Waals surface area contributed by atoms with E-state index in [1.807, 2.05) is 18.2 Å². The molecule has 0 atom stereocenters. The molecule has 130 valence electrons. The van der Waals surface area contributed by atoms with Crippen LogP contribution in [0, 0.1) is 0 Å². The largest absolute Gasteiger partial charge is 0.393 e. The lowest BCUT2D eigenvalue weighted by atomic mass is 10.1. The highest BCUT2D eigenvalue weighted by molar-refractivity contribution is 14.0. The number of aliphatic imine (C=N–C) groups is 1. The normalized spacial score (nSPS) is 16.1. The minimum absolute atomic E-state index is 0. The first-order valence-electron chi connectivity index (χ1n) is 8.15. The van der Waals surface area contributed by atoms with Gasteiger partial charge >= 0.3 is 0 Å².